The van der Waals surface area contributed by atoms with Crippen LogP contribution in [-0.2, 0) is 18.9 Å². The maximum Gasteiger partial charge on any atom is 0.186 e. The van der Waals surface area contributed by atoms with Crippen LogP contribution in [0.5, 0.6) is 0 Å². The van der Waals surface area contributed by atoms with Crippen LogP contribution in [0.25, 0.3) is 0 Å². The summed E-state index contributed by atoms with van der Waals surface area (Å²) < 4.78 is 23.6. The molecular weight excluding hydrogens is 588 g/mol. The smallest absolute Gasteiger partial charge is 0.186 e. The van der Waals surface area contributed by atoms with Gasteiger partial charge in [0.15, 0.2) is 12.6 Å². The lowest BCUT2D eigenvalue weighted by Crippen LogP contribution is -2.70. The van der Waals surface area contributed by atoms with Gasteiger partial charge in [-0.05, 0) is 31.7 Å². The highest BCUT2D eigenvalue weighted by atomic mass is 16.7. The Kier molecular flexibility index (Phi) is 13.1. The zero-order valence-electron chi connectivity index (χ0n) is 24.6. The maximum atomic E-state index is 11.6. The van der Waals surface area contributed by atoms with Gasteiger partial charge in [-0.15, -0.1) is 0 Å². The number of nitrogens with two attached hydrogens (primary N) is 4. The van der Waals surface area contributed by atoms with E-state index in [0.29, 0.717) is 12.5 Å². The van der Waals surface area contributed by atoms with Crippen LogP contribution in [0, 0.1) is 5.92 Å². The lowest BCUT2D eigenvalue weighted by molar-refractivity contribution is -0.320. The first-order valence-electron chi connectivity index (χ1n) is 15.2. The number of hydrogen-bond donors (Lipinski definition) is 14. The van der Waals surface area contributed by atoms with Gasteiger partial charge in [-0.1, -0.05) is 0 Å². The minimum Gasteiger partial charge on any atom is -0.395 e. The fourth-order valence-electron chi connectivity index (χ4n) is 6.39. The Morgan fingerprint density at radius 1 is 0.682 bits per heavy atom. The Balaban J connectivity index is 1.48. The summed E-state index contributed by atoms with van der Waals surface area (Å²) in [5, 5.41) is 88.9. The first-order valence-corrected chi connectivity index (χ1v) is 15.2. The highest BCUT2D eigenvalue weighted by Crippen LogP contribution is 2.32. The fraction of sp³-hybridized carbons (Fsp3) is 1.00. The van der Waals surface area contributed by atoms with Crippen LogP contribution in [0.1, 0.15) is 19.3 Å². The van der Waals surface area contributed by atoms with Gasteiger partial charge < -0.3 is 93.4 Å². The van der Waals surface area contributed by atoms with Crippen LogP contribution in [0.15, 0.2) is 0 Å². The van der Waals surface area contributed by atoms with Gasteiger partial charge in [-0.25, -0.2) is 0 Å². The Morgan fingerprint density at radius 3 is 1.93 bits per heavy atom. The summed E-state index contributed by atoms with van der Waals surface area (Å²) in [4.78, 5) is 0. The van der Waals surface area contributed by atoms with Crippen molar-refractivity contribution in [2.45, 2.75) is 123 Å². The van der Waals surface area contributed by atoms with Crippen LogP contribution in [0.4, 0.5) is 0 Å². The van der Waals surface area contributed by atoms with E-state index in [9.17, 15) is 40.9 Å². The molecule has 0 bridgehead atoms. The molecule has 4 aliphatic rings. The highest BCUT2D eigenvalue weighted by molar-refractivity contribution is 5.03. The molecule has 2 saturated heterocycles. The quantitative estimate of drug-likeness (QED) is 0.0888. The van der Waals surface area contributed by atoms with E-state index in [0.717, 1.165) is 12.8 Å². The van der Waals surface area contributed by atoms with Crippen LogP contribution in [0.2, 0.25) is 0 Å². The van der Waals surface area contributed by atoms with E-state index in [2.05, 4.69) is 10.6 Å². The van der Waals surface area contributed by atoms with Crippen molar-refractivity contribution in [2.75, 3.05) is 32.9 Å². The normalized spacial score (nSPS) is 48.3. The second-order valence-corrected chi connectivity index (χ2v) is 12.6. The van der Waals surface area contributed by atoms with Crippen molar-refractivity contribution in [1.29, 1.82) is 0 Å². The molecule has 2 aliphatic carbocycles. The Labute approximate surface area is 255 Å². The summed E-state index contributed by atoms with van der Waals surface area (Å²) in [5.74, 6) is 0.409. The van der Waals surface area contributed by atoms with Gasteiger partial charge in [-0.3, -0.25) is 0 Å². The zero-order chi connectivity index (χ0) is 32.3. The third-order valence-corrected chi connectivity index (χ3v) is 9.23. The minimum atomic E-state index is -1.56. The fourth-order valence-corrected chi connectivity index (χ4v) is 6.39. The van der Waals surface area contributed by atoms with Crippen molar-refractivity contribution in [1.82, 2.24) is 10.6 Å². The molecule has 258 valence electrons. The van der Waals surface area contributed by atoms with Crippen molar-refractivity contribution >= 4 is 0 Å². The molecule has 18 N–H and O–H groups in total. The topological polar surface area (TPSA) is 327 Å². The van der Waals surface area contributed by atoms with Crippen molar-refractivity contribution in [2.24, 2.45) is 28.9 Å². The van der Waals surface area contributed by atoms with Crippen molar-refractivity contribution in [3.63, 3.8) is 0 Å². The second-order valence-electron chi connectivity index (χ2n) is 12.6. The first kappa shape index (κ1) is 36.1. The third kappa shape index (κ3) is 8.04. The highest BCUT2D eigenvalue weighted by Gasteiger charge is 2.52. The molecule has 2 saturated carbocycles. The van der Waals surface area contributed by atoms with E-state index >= 15 is 0 Å². The molecule has 0 spiro atoms. The predicted molar refractivity (Wildman–Crippen MR) is 151 cm³/mol. The summed E-state index contributed by atoms with van der Waals surface area (Å²) in [6.07, 6.45) is -12.7. The van der Waals surface area contributed by atoms with E-state index in [4.69, 9.17) is 41.9 Å². The number of ether oxygens (including phenoxy) is 4. The summed E-state index contributed by atoms with van der Waals surface area (Å²) in [5.41, 5.74) is 24.4. The molecule has 1 unspecified atom stereocenters. The van der Waals surface area contributed by atoms with Crippen molar-refractivity contribution in [3.8, 4) is 0 Å². The Bertz CT molecular complexity index is 875. The van der Waals surface area contributed by atoms with E-state index in [1.807, 2.05) is 0 Å². The number of nitrogens with one attached hydrogen (secondary N) is 2. The standard InChI is InChI=1S/C26H52N6O12/c27-10-1-9(2-10)4-31-5-14-19(37)20(38)17(30)25(41-14)43-23-12(28)3-13(32-11(6-33)7-34)24(22(23)40)44-26-21(39)16(29)18(36)15(8-35)42-26/h9-26,31-40H,1-8,27-30H2/t9?,10?,12-,13+,14+,15+,16-,17+,18+,19+,20+,21+,22-,23?,24-,25+,26+/m0/s1. The maximum absolute atomic E-state index is 11.6. The molecular formula is C26H52N6O12. The number of rotatable bonds is 13. The molecule has 2 aliphatic heterocycles. The largest absolute Gasteiger partial charge is 0.395 e. The Hall–Kier alpha value is -0.720. The molecule has 0 amide bonds. The molecule has 44 heavy (non-hydrogen) atoms. The molecule has 0 radical (unpaired) electrons. The van der Waals surface area contributed by atoms with Crippen LogP contribution < -0.4 is 33.6 Å². The average Bonchev–Trinajstić information content (AvgIpc) is 2.99. The number of aliphatic hydroxyl groups excluding tert-OH is 8. The van der Waals surface area contributed by atoms with Gasteiger partial charge in [0.05, 0.1) is 37.9 Å². The monoisotopic (exact) mass is 640 g/mol. The molecule has 0 aromatic heterocycles. The molecule has 4 fully saturated rings. The summed E-state index contributed by atoms with van der Waals surface area (Å²) in [7, 11) is 0. The number of hydrogen-bond acceptors (Lipinski definition) is 18. The van der Waals surface area contributed by atoms with E-state index in [1.165, 1.54) is 0 Å². The first-order chi connectivity index (χ1) is 20.9. The van der Waals surface area contributed by atoms with Gasteiger partial charge in [0.2, 0.25) is 0 Å². The lowest BCUT2D eigenvalue weighted by Gasteiger charge is -2.49. The molecule has 2 heterocycles. The van der Waals surface area contributed by atoms with Gasteiger partial charge >= 0.3 is 0 Å². The van der Waals surface area contributed by atoms with Crippen LogP contribution in [0.3, 0.4) is 0 Å². The zero-order valence-corrected chi connectivity index (χ0v) is 24.6. The Morgan fingerprint density at radius 2 is 1.32 bits per heavy atom. The van der Waals surface area contributed by atoms with Gasteiger partial charge in [0.25, 0.3) is 0 Å². The summed E-state index contributed by atoms with van der Waals surface area (Å²) >= 11 is 0. The molecule has 0 aromatic carbocycles. The van der Waals surface area contributed by atoms with Crippen molar-refractivity contribution in [3.05, 3.63) is 0 Å². The van der Waals surface area contributed by atoms with Crippen LogP contribution in [-0.4, -0.2) is 178 Å². The third-order valence-electron chi connectivity index (χ3n) is 9.23. The minimum absolute atomic E-state index is 0.0610. The van der Waals surface area contributed by atoms with E-state index in [1.54, 1.807) is 0 Å². The predicted octanol–water partition coefficient (Wildman–Crippen LogP) is -7.97. The van der Waals surface area contributed by atoms with Gasteiger partial charge in [0, 0.05) is 24.7 Å². The summed E-state index contributed by atoms with van der Waals surface area (Å²) in [6.45, 7) is -0.689. The molecule has 0 aromatic rings. The van der Waals surface area contributed by atoms with Crippen molar-refractivity contribution < 1.29 is 59.8 Å². The van der Waals surface area contributed by atoms with Crippen LogP contribution >= 0.6 is 0 Å². The average molecular weight is 641 g/mol. The molecule has 18 heteroatoms. The lowest BCUT2D eigenvalue weighted by atomic mass is 9.81. The van der Waals surface area contributed by atoms with Gasteiger partial charge in [0.1, 0.15) is 54.9 Å². The second kappa shape index (κ2) is 15.9. The van der Waals surface area contributed by atoms with E-state index in [-0.39, 0.29) is 19.0 Å². The summed E-state index contributed by atoms with van der Waals surface area (Å²) in [6, 6.07) is -4.78. The number of aliphatic hydroxyl groups is 8. The van der Waals surface area contributed by atoms with Gasteiger partial charge in [-0.2, -0.15) is 0 Å². The van der Waals surface area contributed by atoms with E-state index < -0.39 is 118 Å². The SMILES string of the molecule is NC1CC(CNC[C@H]2O[C@H](OC3[C@@H](N)C[C@@H](NC(CO)CO)[C@H](O[C@H]4O[C@H](CO)[C@@H](O)[C@H](N)[C@H]4O)[C@H]3O)[C@H](N)[C@@H](O)[C@@H]2O)C1. The molecule has 15 atom stereocenters. The molecule has 4 rings (SSSR count). The molecule has 18 nitrogen and oxygen atoms in total.